The minimum absolute atomic E-state index is 0. The van der Waals surface area contributed by atoms with Crippen molar-refractivity contribution in [1.82, 2.24) is 0 Å². The second kappa shape index (κ2) is 8.01. The van der Waals surface area contributed by atoms with Gasteiger partial charge in [-0.1, -0.05) is 27.9 Å². The van der Waals surface area contributed by atoms with Crippen LogP contribution in [0.1, 0.15) is 21.8 Å². The van der Waals surface area contributed by atoms with E-state index in [4.69, 9.17) is 4.43 Å². The molecule has 0 amide bonds. The molecule has 12 heavy (non-hydrogen) atoms. The van der Waals surface area contributed by atoms with E-state index in [0.29, 0.717) is 0 Å². The molecule has 0 aliphatic carbocycles. The van der Waals surface area contributed by atoms with Crippen molar-refractivity contribution in [1.29, 1.82) is 0 Å². The van der Waals surface area contributed by atoms with E-state index in [1.165, 1.54) is 5.67 Å². The van der Waals surface area contributed by atoms with Crippen LogP contribution < -0.4 is 0 Å². The molecule has 0 radical (unpaired) electrons. The topological polar surface area (TPSA) is 9.23 Å². The zero-order chi connectivity index (χ0) is 8.20. The lowest BCUT2D eigenvalue weighted by molar-refractivity contribution is 0.332. The van der Waals surface area contributed by atoms with Crippen molar-refractivity contribution in [3.63, 3.8) is 0 Å². The van der Waals surface area contributed by atoms with Crippen LogP contribution in [0.4, 0.5) is 0 Å². The first-order valence-corrected chi connectivity index (χ1v) is 10.4. The average Bonchev–Trinajstić information content (AvgIpc) is 1.59. The molecule has 0 atom stereocenters. The number of rotatable bonds is 4. The summed E-state index contributed by atoms with van der Waals surface area (Å²) in [5, 5.41) is 0. The maximum absolute atomic E-state index is 5.71. The van der Waals surface area contributed by atoms with Crippen molar-refractivity contribution in [2.75, 3.05) is 6.61 Å². The number of hydrogen-bond acceptors (Lipinski definition) is 1. The van der Waals surface area contributed by atoms with Crippen LogP contribution in [-0.2, 0) is 4.43 Å². The van der Waals surface area contributed by atoms with Gasteiger partial charge >= 0.3 is 0 Å². The second-order valence-electron chi connectivity index (χ2n) is 3.79. The van der Waals surface area contributed by atoms with Crippen molar-refractivity contribution in [2.24, 2.45) is 0 Å². The molecule has 0 aliphatic heterocycles. The molecule has 0 spiro atoms. The minimum atomic E-state index is -1.20. The van der Waals surface area contributed by atoms with Crippen molar-refractivity contribution in [3.05, 3.63) is 0 Å². The fourth-order valence-corrected chi connectivity index (χ4v) is 10.6. The van der Waals surface area contributed by atoms with Crippen LogP contribution in [0.3, 0.4) is 0 Å². The smallest absolute Gasteiger partial charge is 0.183 e. The maximum atomic E-state index is 5.71. The lowest BCUT2D eigenvalue weighted by atomic mass is 10.9. The normalized spacial score (nSPS) is 10.5. The van der Waals surface area contributed by atoms with Gasteiger partial charge in [0.15, 0.2) is 8.32 Å². The standard InChI is InChI=1S/C7H20OSi2.2CH4/c1-6-8-10(4,5)7-9(2)3;;/h9H,6-7H2,1-5H3;2*1H4. The summed E-state index contributed by atoms with van der Waals surface area (Å²) in [6, 6.07) is 0. The van der Waals surface area contributed by atoms with Crippen LogP contribution in [-0.4, -0.2) is 23.7 Å². The van der Waals surface area contributed by atoms with Crippen molar-refractivity contribution >= 4 is 17.1 Å². The van der Waals surface area contributed by atoms with Gasteiger partial charge in [-0.25, -0.2) is 0 Å². The van der Waals surface area contributed by atoms with Gasteiger partial charge < -0.3 is 4.43 Å². The maximum Gasteiger partial charge on any atom is 0.183 e. The monoisotopic (exact) mass is 208 g/mol. The Labute approximate surface area is 82.3 Å². The molecule has 0 aromatic carbocycles. The first-order valence-electron chi connectivity index (χ1n) is 4.12. The Morgan fingerprint density at radius 3 is 1.83 bits per heavy atom. The highest BCUT2D eigenvalue weighted by Crippen LogP contribution is 2.12. The molecule has 0 aliphatic rings. The summed E-state index contributed by atoms with van der Waals surface area (Å²) in [4.78, 5) is 0. The largest absolute Gasteiger partial charge is 0.418 e. The van der Waals surface area contributed by atoms with Crippen LogP contribution in [0, 0.1) is 0 Å². The first-order chi connectivity index (χ1) is 4.48. The molecule has 1 nitrogen and oxygen atoms in total. The van der Waals surface area contributed by atoms with Gasteiger partial charge in [-0.05, 0) is 25.7 Å². The Morgan fingerprint density at radius 1 is 1.17 bits per heavy atom. The number of hydrogen-bond donors (Lipinski definition) is 0. The van der Waals surface area contributed by atoms with Gasteiger partial charge in [-0.15, -0.1) is 0 Å². The van der Waals surface area contributed by atoms with E-state index < -0.39 is 17.1 Å². The highest BCUT2D eigenvalue weighted by Gasteiger charge is 2.22. The summed E-state index contributed by atoms with van der Waals surface area (Å²) in [5.41, 5.74) is 1.42. The Balaban J connectivity index is -0.000000405. The summed E-state index contributed by atoms with van der Waals surface area (Å²) in [7, 11) is -1.60. The third kappa shape index (κ3) is 10.4. The Morgan fingerprint density at radius 2 is 1.58 bits per heavy atom. The molecule has 0 aromatic rings. The van der Waals surface area contributed by atoms with Crippen LogP contribution in [0.15, 0.2) is 0 Å². The van der Waals surface area contributed by atoms with Gasteiger partial charge in [0.25, 0.3) is 0 Å². The van der Waals surface area contributed by atoms with E-state index in [0.717, 1.165) is 6.61 Å². The van der Waals surface area contributed by atoms with Crippen LogP contribution >= 0.6 is 0 Å². The fraction of sp³-hybridized carbons (Fsp3) is 1.00. The molecule has 0 N–H and O–H groups in total. The molecule has 0 heterocycles. The molecule has 0 unspecified atom stereocenters. The van der Waals surface area contributed by atoms with Gasteiger partial charge in [0.05, 0.1) is 0 Å². The Bertz CT molecular complexity index is 92.5. The van der Waals surface area contributed by atoms with E-state index >= 15 is 0 Å². The molecule has 0 saturated heterocycles. The van der Waals surface area contributed by atoms with Crippen LogP contribution in [0.2, 0.25) is 31.9 Å². The quantitative estimate of drug-likeness (QED) is 0.642. The van der Waals surface area contributed by atoms with Crippen LogP contribution in [0.25, 0.3) is 0 Å². The molecule has 78 valence electrons. The Hall–Kier alpha value is 0.394. The Kier molecular flexibility index (Phi) is 12.2. The van der Waals surface area contributed by atoms with Gasteiger partial charge in [-0.2, -0.15) is 0 Å². The highest BCUT2D eigenvalue weighted by molar-refractivity contribution is 6.83. The summed E-state index contributed by atoms with van der Waals surface area (Å²) < 4.78 is 5.71. The molecule has 0 bridgehead atoms. The molecule has 0 aromatic heterocycles. The zero-order valence-electron chi connectivity index (χ0n) is 7.90. The third-order valence-electron chi connectivity index (χ3n) is 1.43. The zero-order valence-corrected chi connectivity index (χ0v) is 10.1. The van der Waals surface area contributed by atoms with Gasteiger partial charge in [0, 0.05) is 15.4 Å². The SMILES string of the molecule is C.C.CCO[Si](C)(C)C[SiH](C)C. The van der Waals surface area contributed by atoms with Gasteiger partial charge in [0.2, 0.25) is 0 Å². The molecule has 0 fully saturated rings. The van der Waals surface area contributed by atoms with Crippen molar-refractivity contribution < 1.29 is 4.43 Å². The van der Waals surface area contributed by atoms with Crippen molar-refractivity contribution in [3.8, 4) is 0 Å². The predicted octanol–water partition coefficient (Wildman–Crippen LogP) is 3.53. The van der Waals surface area contributed by atoms with Gasteiger partial charge in [0.1, 0.15) is 0 Å². The molecule has 0 rings (SSSR count). The van der Waals surface area contributed by atoms with E-state index in [-0.39, 0.29) is 14.9 Å². The first kappa shape index (κ1) is 18.2. The van der Waals surface area contributed by atoms with Crippen LogP contribution in [0.5, 0.6) is 0 Å². The van der Waals surface area contributed by atoms with Gasteiger partial charge in [-0.3, -0.25) is 0 Å². The summed E-state index contributed by atoms with van der Waals surface area (Å²) in [6.45, 7) is 12.4. The summed E-state index contributed by atoms with van der Waals surface area (Å²) >= 11 is 0. The van der Waals surface area contributed by atoms with E-state index in [2.05, 4.69) is 33.1 Å². The lowest BCUT2D eigenvalue weighted by Crippen LogP contribution is -2.34. The summed E-state index contributed by atoms with van der Waals surface area (Å²) in [6.07, 6.45) is 0. The molecule has 0 saturated carbocycles. The minimum Gasteiger partial charge on any atom is -0.418 e. The van der Waals surface area contributed by atoms with E-state index in [1.807, 2.05) is 0 Å². The fourth-order valence-electron chi connectivity index (χ4n) is 1.43. The highest BCUT2D eigenvalue weighted by atomic mass is 28.4. The predicted molar refractivity (Wildman–Crippen MR) is 66.3 cm³/mol. The van der Waals surface area contributed by atoms with E-state index in [9.17, 15) is 0 Å². The lowest BCUT2D eigenvalue weighted by Gasteiger charge is -2.23. The molecule has 3 heteroatoms. The summed E-state index contributed by atoms with van der Waals surface area (Å²) in [5.74, 6) is 0. The molecular formula is C9H28OSi2. The molecular weight excluding hydrogens is 180 g/mol. The average molecular weight is 208 g/mol. The second-order valence-corrected chi connectivity index (χ2v) is 12.0. The third-order valence-corrected chi connectivity index (χ3v) is 9.70. The van der Waals surface area contributed by atoms with Crippen molar-refractivity contribution in [2.45, 2.75) is 53.6 Å². The van der Waals surface area contributed by atoms with E-state index in [1.54, 1.807) is 0 Å².